The molecule has 28 heavy (non-hydrogen) atoms. The van der Waals surface area contributed by atoms with Crippen LogP contribution < -0.4 is 15.4 Å². The highest BCUT2D eigenvalue weighted by molar-refractivity contribution is 5.88. The van der Waals surface area contributed by atoms with Crippen molar-refractivity contribution in [2.45, 2.75) is 46.2 Å². The standard InChI is InChI=1S/C23H30N2O3/c1-4-13-28-20-12-8-9-18(15-20)16-24-23(27)22(19-10-6-5-7-11-19)25-21(26)14-17(2)3/h5-12,15,17,22H,4,13-14,16H2,1-3H3,(H,24,27)(H,25,26). The molecule has 0 saturated carbocycles. The smallest absolute Gasteiger partial charge is 0.247 e. The predicted octanol–water partition coefficient (Wildman–Crippen LogP) is 4.00. The fraction of sp³-hybridized carbons (Fsp3) is 0.391. The van der Waals surface area contributed by atoms with Crippen LogP contribution in [-0.2, 0) is 16.1 Å². The van der Waals surface area contributed by atoms with Gasteiger partial charge >= 0.3 is 0 Å². The highest BCUT2D eigenvalue weighted by atomic mass is 16.5. The van der Waals surface area contributed by atoms with E-state index in [1.165, 1.54) is 0 Å². The van der Waals surface area contributed by atoms with Crippen molar-refractivity contribution >= 4 is 11.8 Å². The van der Waals surface area contributed by atoms with Gasteiger partial charge in [-0.2, -0.15) is 0 Å². The molecule has 2 amide bonds. The Morgan fingerprint density at radius 2 is 1.79 bits per heavy atom. The summed E-state index contributed by atoms with van der Waals surface area (Å²) in [6.07, 6.45) is 1.32. The van der Waals surface area contributed by atoms with Crippen LogP contribution in [0, 0.1) is 5.92 Å². The third-order valence-corrected chi connectivity index (χ3v) is 4.13. The Morgan fingerprint density at radius 3 is 2.46 bits per heavy atom. The summed E-state index contributed by atoms with van der Waals surface area (Å²) in [5.41, 5.74) is 1.71. The molecule has 150 valence electrons. The number of benzene rings is 2. The first-order chi connectivity index (χ1) is 13.5. The van der Waals surface area contributed by atoms with Gasteiger partial charge in [0.1, 0.15) is 11.8 Å². The molecule has 0 heterocycles. The number of carbonyl (C=O) groups is 2. The molecule has 1 atom stereocenters. The zero-order valence-electron chi connectivity index (χ0n) is 16.9. The highest BCUT2D eigenvalue weighted by Gasteiger charge is 2.22. The van der Waals surface area contributed by atoms with Gasteiger partial charge in [-0.05, 0) is 35.6 Å². The van der Waals surface area contributed by atoms with Gasteiger partial charge in [-0.15, -0.1) is 0 Å². The molecule has 0 saturated heterocycles. The Balaban J connectivity index is 2.05. The van der Waals surface area contributed by atoms with Gasteiger partial charge in [-0.3, -0.25) is 9.59 Å². The molecule has 2 aromatic rings. The molecule has 0 bridgehead atoms. The van der Waals surface area contributed by atoms with Crippen LogP contribution in [0.25, 0.3) is 0 Å². The van der Waals surface area contributed by atoms with Gasteiger partial charge in [0.05, 0.1) is 6.61 Å². The number of hydrogen-bond donors (Lipinski definition) is 2. The molecular weight excluding hydrogens is 352 g/mol. The van der Waals surface area contributed by atoms with Crippen LogP contribution in [0.3, 0.4) is 0 Å². The van der Waals surface area contributed by atoms with E-state index in [2.05, 4.69) is 17.6 Å². The second-order valence-electron chi connectivity index (χ2n) is 7.22. The van der Waals surface area contributed by atoms with Crippen molar-refractivity contribution < 1.29 is 14.3 Å². The molecule has 0 fully saturated rings. The maximum atomic E-state index is 12.8. The normalized spacial score (nSPS) is 11.7. The van der Waals surface area contributed by atoms with Crippen molar-refractivity contribution in [3.63, 3.8) is 0 Å². The van der Waals surface area contributed by atoms with Gasteiger partial charge in [-0.1, -0.05) is 63.2 Å². The molecule has 2 aromatic carbocycles. The van der Waals surface area contributed by atoms with E-state index in [0.29, 0.717) is 19.6 Å². The lowest BCUT2D eigenvalue weighted by Crippen LogP contribution is -2.40. The maximum absolute atomic E-state index is 12.8. The average molecular weight is 383 g/mol. The Hall–Kier alpha value is -2.82. The molecule has 0 spiro atoms. The molecular formula is C23H30N2O3. The van der Waals surface area contributed by atoms with E-state index < -0.39 is 6.04 Å². The lowest BCUT2D eigenvalue weighted by Gasteiger charge is -2.19. The summed E-state index contributed by atoms with van der Waals surface area (Å²) < 4.78 is 5.64. The number of amides is 2. The van der Waals surface area contributed by atoms with Crippen LogP contribution in [-0.4, -0.2) is 18.4 Å². The van der Waals surface area contributed by atoms with E-state index in [0.717, 1.165) is 23.3 Å². The van der Waals surface area contributed by atoms with Crippen LogP contribution in [0.15, 0.2) is 54.6 Å². The minimum Gasteiger partial charge on any atom is -0.494 e. The van der Waals surface area contributed by atoms with Crippen LogP contribution in [0.2, 0.25) is 0 Å². The summed E-state index contributed by atoms with van der Waals surface area (Å²) in [4.78, 5) is 25.1. The van der Waals surface area contributed by atoms with Crippen LogP contribution in [0.4, 0.5) is 0 Å². The topological polar surface area (TPSA) is 67.4 Å². The Bertz CT molecular complexity index is 759. The highest BCUT2D eigenvalue weighted by Crippen LogP contribution is 2.16. The summed E-state index contributed by atoms with van der Waals surface area (Å²) in [6.45, 7) is 7.04. The van der Waals surface area contributed by atoms with Crippen molar-refractivity contribution in [2.75, 3.05) is 6.61 Å². The van der Waals surface area contributed by atoms with E-state index in [4.69, 9.17) is 4.74 Å². The number of ether oxygens (including phenoxy) is 1. The van der Waals surface area contributed by atoms with Crippen molar-refractivity contribution in [3.8, 4) is 5.75 Å². The van der Waals surface area contributed by atoms with Gasteiger partial charge in [-0.25, -0.2) is 0 Å². The quantitative estimate of drug-likeness (QED) is 0.653. The summed E-state index contributed by atoms with van der Waals surface area (Å²) in [7, 11) is 0. The molecule has 0 aromatic heterocycles. The van der Waals surface area contributed by atoms with Crippen LogP contribution in [0.1, 0.15) is 50.8 Å². The molecule has 2 N–H and O–H groups in total. The largest absolute Gasteiger partial charge is 0.494 e. The van der Waals surface area contributed by atoms with Crippen LogP contribution >= 0.6 is 0 Å². The van der Waals surface area contributed by atoms with Crippen molar-refractivity contribution in [2.24, 2.45) is 5.92 Å². The SMILES string of the molecule is CCCOc1cccc(CNC(=O)C(NC(=O)CC(C)C)c2ccccc2)c1. The lowest BCUT2D eigenvalue weighted by atomic mass is 10.0. The fourth-order valence-electron chi connectivity index (χ4n) is 2.79. The van der Waals surface area contributed by atoms with E-state index in [9.17, 15) is 9.59 Å². The Labute approximate surface area is 167 Å². The average Bonchev–Trinajstić information content (AvgIpc) is 2.69. The number of carbonyl (C=O) groups excluding carboxylic acids is 2. The summed E-state index contributed by atoms with van der Waals surface area (Å²) >= 11 is 0. The number of nitrogens with one attached hydrogen (secondary N) is 2. The van der Waals surface area contributed by atoms with Gasteiger partial charge in [0, 0.05) is 13.0 Å². The minimum absolute atomic E-state index is 0.131. The van der Waals surface area contributed by atoms with Crippen molar-refractivity contribution in [1.29, 1.82) is 0 Å². The zero-order chi connectivity index (χ0) is 20.4. The molecule has 0 aliphatic carbocycles. The van der Waals surface area contributed by atoms with Gasteiger partial charge in [0.2, 0.25) is 11.8 Å². The number of hydrogen-bond acceptors (Lipinski definition) is 3. The van der Waals surface area contributed by atoms with E-state index in [1.807, 2.05) is 68.4 Å². The van der Waals surface area contributed by atoms with Crippen LogP contribution in [0.5, 0.6) is 5.75 Å². The summed E-state index contributed by atoms with van der Waals surface area (Å²) in [6, 6.07) is 16.3. The molecule has 1 unspecified atom stereocenters. The van der Waals surface area contributed by atoms with Crippen molar-refractivity contribution in [3.05, 3.63) is 65.7 Å². The number of rotatable bonds is 10. The summed E-state index contributed by atoms with van der Waals surface area (Å²) in [5.74, 6) is 0.654. The zero-order valence-corrected chi connectivity index (χ0v) is 16.9. The second kappa shape index (κ2) is 11.1. The van der Waals surface area contributed by atoms with Gasteiger partial charge < -0.3 is 15.4 Å². The first kappa shape index (κ1) is 21.5. The minimum atomic E-state index is -0.716. The molecule has 2 rings (SSSR count). The Morgan fingerprint density at radius 1 is 1.04 bits per heavy atom. The lowest BCUT2D eigenvalue weighted by molar-refractivity contribution is -0.129. The first-order valence-electron chi connectivity index (χ1n) is 9.83. The monoisotopic (exact) mass is 382 g/mol. The van der Waals surface area contributed by atoms with E-state index >= 15 is 0 Å². The molecule has 5 heteroatoms. The van der Waals surface area contributed by atoms with Gasteiger partial charge in [0.25, 0.3) is 0 Å². The molecule has 0 aliphatic rings. The first-order valence-corrected chi connectivity index (χ1v) is 9.83. The van der Waals surface area contributed by atoms with E-state index in [-0.39, 0.29) is 17.7 Å². The third-order valence-electron chi connectivity index (χ3n) is 4.13. The third kappa shape index (κ3) is 7.06. The molecule has 0 aliphatic heterocycles. The maximum Gasteiger partial charge on any atom is 0.247 e. The van der Waals surface area contributed by atoms with E-state index in [1.54, 1.807) is 0 Å². The predicted molar refractivity (Wildman–Crippen MR) is 111 cm³/mol. The summed E-state index contributed by atoms with van der Waals surface area (Å²) in [5, 5.41) is 5.79. The molecule has 5 nitrogen and oxygen atoms in total. The fourth-order valence-corrected chi connectivity index (χ4v) is 2.79. The van der Waals surface area contributed by atoms with Gasteiger partial charge in [0.15, 0.2) is 0 Å². The van der Waals surface area contributed by atoms with Crippen molar-refractivity contribution in [1.82, 2.24) is 10.6 Å². The molecule has 0 radical (unpaired) electrons. The Kier molecular flexibility index (Phi) is 8.53. The second-order valence-corrected chi connectivity index (χ2v) is 7.22.